The molecule has 0 aliphatic carbocycles. The number of carbonyl (C=O) groups excluding carboxylic acids is 1. The van der Waals surface area contributed by atoms with Crippen molar-refractivity contribution < 1.29 is 4.79 Å². The van der Waals surface area contributed by atoms with Crippen molar-refractivity contribution in [1.29, 1.82) is 0 Å². The molecule has 2 aromatic rings. The molecule has 0 spiro atoms. The molecule has 3 nitrogen and oxygen atoms in total. The van der Waals surface area contributed by atoms with Gasteiger partial charge in [-0.25, -0.2) is 4.68 Å². The van der Waals surface area contributed by atoms with Crippen LogP contribution in [0.5, 0.6) is 0 Å². The number of hydrogen-bond donors (Lipinski definition) is 0. The number of rotatable bonds is 3. The fourth-order valence-corrected chi connectivity index (χ4v) is 1.91. The molecule has 0 saturated heterocycles. The lowest BCUT2D eigenvalue weighted by molar-refractivity contribution is 0.101. The average Bonchev–Trinajstić information content (AvgIpc) is 2.71. The number of alkyl halides is 1. The first-order chi connectivity index (χ1) is 8.11. The quantitative estimate of drug-likeness (QED) is 0.644. The zero-order valence-electron chi connectivity index (χ0n) is 9.77. The molecule has 0 aliphatic heterocycles. The highest BCUT2D eigenvalue weighted by molar-refractivity contribution is 9.09. The van der Waals surface area contributed by atoms with Gasteiger partial charge in [-0.2, -0.15) is 5.10 Å². The Kier molecular flexibility index (Phi) is 3.43. The van der Waals surface area contributed by atoms with Gasteiger partial charge in [-0.1, -0.05) is 33.6 Å². The van der Waals surface area contributed by atoms with Crippen LogP contribution in [0.25, 0.3) is 5.69 Å². The van der Waals surface area contributed by atoms with Gasteiger partial charge in [0.15, 0.2) is 5.78 Å². The van der Waals surface area contributed by atoms with Crippen LogP contribution in [-0.4, -0.2) is 20.9 Å². The van der Waals surface area contributed by atoms with Crippen molar-refractivity contribution in [1.82, 2.24) is 9.78 Å². The molecule has 4 heteroatoms. The van der Waals surface area contributed by atoms with E-state index >= 15 is 0 Å². The second-order valence-electron chi connectivity index (χ2n) is 3.98. The summed E-state index contributed by atoms with van der Waals surface area (Å²) in [6.45, 7) is 3.98. The molecule has 0 atom stereocenters. The number of carbonyl (C=O) groups is 1. The highest BCUT2D eigenvalue weighted by atomic mass is 79.9. The number of hydrogen-bond acceptors (Lipinski definition) is 2. The molecule has 17 heavy (non-hydrogen) atoms. The maximum atomic E-state index is 11.5. The van der Waals surface area contributed by atoms with E-state index in [4.69, 9.17) is 0 Å². The summed E-state index contributed by atoms with van der Waals surface area (Å²) in [7, 11) is 0. The first-order valence-electron chi connectivity index (χ1n) is 5.34. The summed E-state index contributed by atoms with van der Waals surface area (Å²) >= 11 is 3.15. The monoisotopic (exact) mass is 292 g/mol. The van der Waals surface area contributed by atoms with Gasteiger partial charge >= 0.3 is 0 Å². The van der Waals surface area contributed by atoms with E-state index in [1.165, 1.54) is 5.56 Å². The van der Waals surface area contributed by atoms with Gasteiger partial charge in [-0.3, -0.25) is 4.79 Å². The molecule has 0 saturated carbocycles. The number of ketones is 1. The number of Topliss-reactive ketones (excluding diaryl/α,β-unsaturated/α-hetero) is 1. The van der Waals surface area contributed by atoms with Crippen molar-refractivity contribution >= 4 is 21.7 Å². The van der Waals surface area contributed by atoms with Crippen molar-refractivity contribution in [2.45, 2.75) is 13.8 Å². The Labute approximate surface area is 109 Å². The molecule has 2 rings (SSSR count). The van der Waals surface area contributed by atoms with Crippen LogP contribution < -0.4 is 0 Å². The van der Waals surface area contributed by atoms with E-state index in [0.29, 0.717) is 11.0 Å². The molecule has 0 N–H and O–H groups in total. The van der Waals surface area contributed by atoms with Gasteiger partial charge in [0, 0.05) is 5.69 Å². The molecule has 0 unspecified atom stereocenters. The molecule has 0 fully saturated rings. The lowest BCUT2D eigenvalue weighted by Crippen LogP contribution is -2.03. The summed E-state index contributed by atoms with van der Waals surface area (Å²) in [5, 5.41) is 4.62. The Morgan fingerprint density at radius 2 is 1.94 bits per heavy atom. The van der Waals surface area contributed by atoms with Gasteiger partial charge in [0.05, 0.1) is 11.0 Å². The van der Waals surface area contributed by atoms with Crippen molar-refractivity contribution in [3.63, 3.8) is 0 Å². The number of aryl methyl sites for hydroxylation is 2. The normalized spacial score (nSPS) is 10.5. The van der Waals surface area contributed by atoms with E-state index < -0.39 is 0 Å². The Bertz CT molecular complexity index is 543. The Morgan fingerprint density at radius 3 is 2.53 bits per heavy atom. The highest BCUT2D eigenvalue weighted by Crippen LogP contribution is 2.13. The zero-order chi connectivity index (χ0) is 12.4. The van der Waals surface area contributed by atoms with Crippen molar-refractivity contribution in [3.8, 4) is 5.69 Å². The minimum Gasteiger partial charge on any atom is -0.291 e. The first-order valence-corrected chi connectivity index (χ1v) is 6.47. The Hall–Kier alpha value is -1.42. The average molecular weight is 293 g/mol. The van der Waals surface area contributed by atoms with Crippen molar-refractivity contribution in [2.75, 3.05) is 5.33 Å². The predicted molar refractivity (Wildman–Crippen MR) is 71.2 cm³/mol. The fraction of sp³-hybridized carbons (Fsp3) is 0.231. The molecule has 0 aliphatic rings. The summed E-state index contributed by atoms with van der Waals surface area (Å²) in [5.41, 5.74) is 3.63. The molecule has 1 aromatic carbocycles. The van der Waals surface area contributed by atoms with E-state index in [2.05, 4.69) is 21.0 Å². The first kappa shape index (κ1) is 12.0. The molecule has 0 bridgehead atoms. The molecule has 1 heterocycles. The van der Waals surface area contributed by atoms with Crippen LogP contribution in [-0.2, 0) is 0 Å². The standard InChI is InChI=1S/C13H13BrN2O/c1-9-3-5-11(6-4-9)16-10(2)7-12(15-16)13(17)8-14/h3-7H,8H2,1-2H3. The lowest BCUT2D eigenvalue weighted by Gasteiger charge is -2.04. The van der Waals surface area contributed by atoms with E-state index in [9.17, 15) is 4.79 Å². The minimum absolute atomic E-state index is 0.000961. The lowest BCUT2D eigenvalue weighted by atomic mass is 10.2. The summed E-state index contributed by atoms with van der Waals surface area (Å²) in [6.07, 6.45) is 0. The number of benzene rings is 1. The van der Waals surface area contributed by atoms with E-state index in [1.807, 2.05) is 44.2 Å². The topological polar surface area (TPSA) is 34.9 Å². The largest absolute Gasteiger partial charge is 0.291 e. The smallest absolute Gasteiger partial charge is 0.193 e. The van der Waals surface area contributed by atoms with Crippen LogP contribution in [0, 0.1) is 13.8 Å². The SMILES string of the molecule is Cc1ccc(-n2nc(C(=O)CBr)cc2C)cc1. The summed E-state index contributed by atoms with van der Waals surface area (Å²) in [5.74, 6) is -0.000961. The Balaban J connectivity index is 2.42. The molecular formula is C13H13BrN2O. The van der Waals surface area contributed by atoms with Crippen LogP contribution in [0.1, 0.15) is 21.7 Å². The van der Waals surface area contributed by atoms with E-state index in [1.54, 1.807) is 4.68 Å². The second kappa shape index (κ2) is 4.84. The van der Waals surface area contributed by atoms with Crippen LogP contribution in [0.4, 0.5) is 0 Å². The summed E-state index contributed by atoms with van der Waals surface area (Å²) in [6, 6.07) is 9.86. The van der Waals surface area contributed by atoms with Crippen LogP contribution in [0.2, 0.25) is 0 Å². The van der Waals surface area contributed by atoms with Gasteiger partial charge in [-0.15, -0.1) is 0 Å². The van der Waals surface area contributed by atoms with Gasteiger partial charge in [-0.05, 0) is 32.0 Å². The van der Waals surface area contributed by atoms with Gasteiger partial charge in [0.2, 0.25) is 0 Å². The number of nitrogens with zero attached hydrogens (tertiary/aromatic N) is 2. The fourth-order valence-electron chi connectivity index (χ4n) is 1.63. The van der Waals surface area contributed by atoms with Crippen LogP contribution >= 0.6 is 15.9 Å². The van der Waals surface area contributed by atoms with Gasteiger partial charge in [0.25, 0.3) is 0 Å². The molecule has 0 radical (unpaired) electrons. The van der Waals surface area contributed by atoms with Crippen LogP contribution in [0.3, 0.4) is 0 Å². The van der Waals surface area contributed by atoms with E-state index in [0.717, 1.165) is 11.4 Å². The maximum Gasteiger partial charge on any atom is 0.193 e. The maximum absolute atomic E-state index is 11.5. The van der Waals surface area contributed by atoms with Crippen LogP contribution in [0.15, 0.2) is 30.3 Å². The van der Waals surface area contributed by atoms with E-state index in [-0.39, 0.29) is 5.78 Å². The van der Waals surface area contributed by atoms with Crippen molar-refractivity contribution in [2.24, 2.45) is 0 Å². The third-order valence-electron chi connectivity index (χ3n) is 2.57. The third-order valence-corrected chi connectivity index (χ3v) is 3.08. The molecule has 0 amide bonds. The second-order valence-corrected chi connectivity index (χ2v) is 4.54. The molecule has 88 valence electrons. The van der Waals surface area contributed by atoms with Crippen molar-refractivity contribution in [3.05, 3.63) is 47.3 Å². The number of aromatic nitrogens is 2. The Morgan fingerprint density at radius 1 is 1.29 bits per heavy atom. The van der Waals surface area contributed by atoms with Gasteiger partial charge in [0.1, 0.15) is 5.69 Å². The molecular weight excluding hydrogens is 280 g/mol. The third kappa shape index (κ3) is 2.47. The van der Waals surface area contributed by atoms with Gasteiger partial charge < -0.3 is 0 Å². The zero-order valence-corrected chi connectivity index (χ0v) is 11.4. The highest BCUT2D eigenvalue weighted by Gasteiger charge is 2.11. The summed E-state index contributed by atoms with van der Waals surface area (Å²) in [4.78, 5) is 11.5. The summed E-state index contributed by atoms with van der Waals surface area (Å²) < 4.78 is 1.79. The minimum atomic E-state index is -0.000961. The molecule has 1 aromatic heterocycles. The number of halogens is 1. The predicted octanol–water partition coefficient (Wildman–Crippen LogP) is 3.07.